The third-order valence-electron chi connectivity index (χ3n) is 6.57. The zero-order valence-electron chi connectivity index (χ0n) is 15.7. The van der Waals surface area contributed by atoms with E-state index < -0.39 is 0 Å². The van der Waals surface area contributed by atoms with Crippen molar-refractivity contribution >= 4 is 5.96 Å². The Morgan fingerprint density at radius 1 is 1.16 bits per heavy atom. The number of ether oxygens (including phenoxy) is 1. The third-order valence-corrected chi connectivity index (χ3v) is 6.57. The lowest BCUT2D eigenvalue weighted by molar-refractivity contribution is 0.151. The number of benzene rings is 1. The second-order valence-corrected chi connectivity index (χ2v) is 8.20. The zero-order chi connectivity index (χ0) is 17.3. The Bertz CT molecular complexity index is 629. The van der Waals surface area contributed by atoms with Crippen LogP contribution in [0, 0.1) is 5.41 Å². The SMILES string of the molecule is CCNC(=NCC1(c2ccc(OC)cc2)CC1)N1CCC2(CCC2)C1. The van der Waals surface area contributed by atoms with Crippen LogP contribution in [0.2, 0.25) is 0 Å². The van der Waals surface area contributed by atoms with Crippen molar-refractivity contribution in [3.05, 3.63) is 29.8 Å². The minimum Gasteiger partial charge on any atom is -0.497 e. The molecule has 0 amide bonds. The van der Waals surface area contributed by atoms with Gasteiger partial charge in [-0.15, -0.1) is 0 Å². The lowest BCUT2D eigenvalue weighted by Crippen LogP contribution is -2.43. The molecule has 1 aliphatic heterocycles. The van der Waals surface area contributed by atoms with Crippen LogP contribution in [-0.4, -0.2) is 44.1 Å². The summed E-state index contributed by atoms with van der Waals surface area (Å²) in [5.74, 6) is 2.06. The summed E-state index contributed by atoms with van der Waals surface area (Å²) >= 11 is 0. The van der Waals surface area contributed by atoms with Gasteiger partial charge in [-0.3, -0.25) is 4.99 Å². The average Bonchev–Trinajstić information content (AvgIpc) is 3.26. The van der Waals surface area contributed by atoms with E-state index in [2.05, 4.69) is 41.4 Å². The molecular weight excluding hydrogens is 310 g/mol. The summed E-state index contributed by atoms with van der Waals surface area (Å²) in [6, 6.07) is 8.58. The molecule has 136 valence electrons. The number of methoxy groups -OCH3 is 1. The first kappa shape index (κ1) is 16.7. The van der Waals surface area contributed by atoms with Gasteiger partial charge in [0, 0.05) is 25.0 Å². The van der Waals surface area contributed by atoms with Crippen molar-refractivity contribution in [3.63, 3.8) is 0 Å². The van der Waals surface area contributed by atoms with Crippen molar-refractivity contribution in [1.82, 2.24) is 10.2 Å². The molecule has 0 unspecified atom stereocenters. The highest BCUT2D eigenvalue weighted by Gasteiger charge is 2.45. The summed E-state index contributed by atoms with van der Waals surface area (Å²) in [4.78, 5) is 7.58. The first-order valence-electron chi connectivity index (χ1n) is 9.87. The fourth-order valence-corrected chi connectivity index (χ4v) is 4.49. The normalized spacial score (nSPS) is 23.4. The van der Waals surface area contributed by atoms with E-state index in [4.69, 9.17) is 9.73 Å². The minimum atomic E-state index is 0.251. The van der Waals surface area contributed by atoms with E-state index in [1.807, 2.05) is 0 Å². The molecule has 2 aliphatic carbocycles. The van der Waals surface area contributed by atoms with Crippen LogP contribution in [0.5, 0.6) is 5.75 Å². The van der Waals surface area contributed by atoms with Crippen molar-refractivity contribution in [1.29, 1.82) is 0 Å². The number of nitrogens with one attached hydrogen (secondary N) is 1. The van der Waals surface area contributed by atoms with Gasteiger partial charge in [0.2, 0.25) is 0 Å². The zero-order valence-corrected chi connectivity index (χ0v) is 15.7. The summed E-state index contributed by atoms with van der Waals surface area (Å²) < 4.78 is 5.29. The Morgan fingerprint density at radius 3 is 2.44 bits per heavy atom. The van der Waals surface area contributed by atoms with Gasteiger partial charge >= 0.3 is 0 Å². The van der Waals surface area contributed by atoms with E-state index in [0.29, 0.717) is 5.41 Å². The first-order chi connectivity index (χ1) is 12.2. The highest BCUT2D eigenvalue weighted by atomic mass is 16.5. The highest BCUT2D eigenvalue weighted by molar-refractivity contribution is 5.80. The molecular formula is C21H31N3O. The molecule has 1 heterocycles. The van der Waals surface area contributed by atoms with Gasteiger partial charge in [0.15, 0.2) is 5.96 Å². The Kier molecular flexibility index (Phi) is 4.38. The highest BCUT2D eigenvalue weighted by Crippen LogP contribution is 2.49. The molecule has 1 saturated heterocycles. The lowest BCUT2D eigenvalue weighted by atomic mass is 9.68. The van der Waals surface area contributed by atoms with Crippen LogP contribution in [-0.2, 0) is 5.41 Å². The van der Waals surface area contributed by atoms with Crippen LogP contribution in [0.15, 0.2) is 29.3 Å². The maximum atomic E-state index is 5.29. The second-order valence-electron chi connectivity index (χ2n) is 8.20. The Hall–Kier alpha value is -1.71. The number of rotatable bonds is 5. The van der Waals surface area contributed by atoms with E-state index in [1.165, 1.54) is 57.2 Å². The molecule has 0 atom stereocenters. The largest absolute Gasteiger partial charge is 0.497 e. The predicted molar refractivity (Wildman–Crippen MR) is 102 cm³/mol. The van der Waals surface area contributed by atoms with Crippen LogP contribution in [0.25, 0.3) is 0 Å². The van der Waals surface area contributed by atoms with Gasteiger partial charge < -0.3 is 15.0 Å². The molecule has 4 nitrogen and oxygen atoms in total. The number of hydrogen-bond acceptors (Lipinski definition) is 2. The average molecular weight is 341 g/mol. The van der Waals surface area contributed by atoms with Crippen LogP contribution in [0.1, 0.15) is 51.0 Å². The van der Waals surface area contributed by atoms with Gasteiger partial charge in [0.05, 0.1) is 13.7 Å². The van der Waals surface area contributed by atoms with Crippen molar-refractivity contribution in [2.75, 3.05) is 33.3 Å². The maximum Gasteiger partial charge on any atom is 0.193 e. The van der Waals surface area contributed by atoms with E-state index >= 15 is 0 Å². The fourth-order valence-electron chi connectivity index (χ4n) is 4.49. The Balaban J connectivity index is 1.45. The van der Waals surface area contributed by atoms with E-state index in [0.717, 1.165) is 24.8 Å². The molecule has 4 rings (SSSR count). The number of guanidine groups is 1. The number of nitrogens with zero attached hydrogens (tertiary/aromatic N) is 2. The molecule has 1 N–H and O–H groups in total. The summed E-state index contributed by atoms with van der Waals surface area (Å²) in [5.41, 5.74) is 2.27. The third kappa shape index (κ3) is 3.23. The molecule has 1 aromatic carbocycles. The number of aliphatic imine (C=N–C) groups is 1. The topological polar surface area (TPSA) is 36.9 Å². The van der Waals surface area contributed by atoms with Crippen molar-refractivity contribution in [3.8, 4) is 5.75 Å². The second kappa shape index (κ2) is 6.54. The Labute approximate surface area is 151 Å². The van der Waals surface area contributed by atoms with Crippen molar-refractivity contribution in [2.45, 2.75) is 50.9 Å². The van der Waals surface area contributed by atoms with Crippen molar-refractivity contribution in [2.24, 2.45) is 10.4 Å². The smallest absolute Gasteiger partial charge is 0.193 e. The standard InChI is InChI=1S/C21H31N3O/c1-3-22-19(24-14-13-20(16-24)9-4-10-20)23-15-21(11-12-21)17-5-7-18(25-2)8-6-17/h5-8H,3-4,9-16H2,1-2H3,(H,22,23). The van der Waals surface area contributed by atoms with Gasteiger partial charge in [0.25, 0.3) is 0 Å². The maximum absolute atomic E-state index is 5.29. The van der Waals surface area contributed by atoms with Gasteiger partial charge in [-0.2, -0.15) is 0 Å². The molecule has 4 heteroatoms. The summed E-state index contributed by atoms with van der Waals surface area (Å²) in [7, 11) is 1.72. The van der Waals surface area contributed by atoms with E-state index in [9.17, 15) is 0 Å². The van der Waals surface area contributed by atoms with Crippen LogP contribution < -0.4 is 10.1 Å². The molecule has 0 aromatic heterocycles. The van der Waals surface area contributed by atoms with Gasteiger partial charge in [-0.25, -0.2) is 0 Å². The number of likely N-dealkylation sites (tertiary alicyclic amines) is 1. The quantitative estimate of drug-likeness (QED) is 0.657. The summed E-state index contributed by atoms with van der Waals surface area (Å²) in [6.45, 7) is 6.37. The molecule has 25 heavy (non-hydrogen) atoms. The van der Waals surface area contributed by atoms with Crippen LogP contribution >= 0.6 is 0 Å². The van der Waals surface area contributed by atoms with Crippen molar-refractivity contribution < 1.29 is 4.74 Å². The van der Waals surface area contributed by atoms with Gasteiger partial charge in [-0.1, -0.05) is 18.6 Å². The Morgan fingerprint density at radius 2 is 1.92 bits per heavy atom. The van der Waals surface area contributed by atoms with Gasteiger partial charge in [-0.05, 0) is 62.1 Å². The molecule has 0 radical (unpaired) electrons. The predicted octanol–water partition coefficient (Wildman–Crippen LogP) is 3.57. The molecule has 1 aromatic rings. The van der Waals surface area contributed by atoms with Gasteiger partial charge in [0.1, 0.15) is 5.75 Å². The molecule has 3 aliphatic rings. The van der Waals surface area contributed by atoms with E-state index in [1.54, 1.807) is 7.11 Å². The molecule has 1 spiro atoms. The molecule has 3 fully saturated rings. The fraction of sp³-hybridized carbons (Fsp3) is 0.667. The van der Waals surface area contributed by atoms with Crippen LogP contribution in [0.4, 0.5) is 0 Å². The molecule has 0 bridgehead atoms. The summed E-state index contributed by atoms with van der Waals surface area (Å²) in [6.07, 6.45) is 8.08. The lowest BCUT2D eigenvalue weighted by Gasteiger charge is -2.38. The first-order valence-corrected chi connectivity index (χ1v) is 9.87. The molecule has 2 saturated carbocycles. The van der Waals surface area contributed by atoms with E-state index in [-0.39, 0.29) is 5.41 Å². The monoisotopic (exact) mass is 341 g/mol. The number of hydrogen-bond donors (Lipinski definition) is 1. The van der Waals surface area contributed by atoms with Crippen LogP contribution in [0.3, 0.4) is 0 Å². The minimum absolute atomic E-state index is 0.251. The summed E-state index contributed by atoms with van der Waals surface area (Å²) in [5, 5.41) is 3.54.